The molecule has 2 atom stereocenters. The number of non-ortho nitro benzene ring substituents is 1. The maximum absolute atomic E-state index is 10.5. The lowest BCUT2D eigenvalue weighted by atomic mass is 9.92. The third-order valence-electron chi connectivity index (χ3n) is 3.66. The average Bonchev–Trinajstić information content (AvgIpc) is 3.12. The highest BCUT2D eigenvalue weighted by Crippen LogP contribution is 2.38. The molecule has 92 valence electrons. The molecule has 0 spiro atoms. The molecule has 0 saturated heterocycles. The largest absolute Gasteiger partial charge is 0.327 e. The second-order valence-electron chi connectivity index (χ2n) is 4.99. The molecule has 4 nitrogen and oxygen atoms in total. The molecule has 2 unspecified atom stereocenters. The van der Waals surface area contributed by atoms with Gasteiger partial charge in [-0.1, -0.05) is 19.1 Å². The molecule has 1 aromatic rings. The molecule has 0 radical (unpaired) electrons. The molecule has 1 saturated carbocycles. The standard InChI is InChI=1S/C13H18N2O2/c1-9(11-4-5-11)13(14)8-10-2-6-12(7-3-10)15(16)17/h2-3,6-7,9,11,13H,4-5,8,14H2,1H3. The van der Waals surface area contributed by atoms with Crippen LogP contribution in [0.3, 0.4) is 0 Å². The third kappa shape index (κ3) is 3.03. The van der Waals surface area contributed by atoms with Crippen molar-refractivity contribution in [3.63, 3.8) is 0 Å². The van der Waals surface area contributed by atoms with Gasteiger partial charge in [-0.15, -0.1) is 0 Å². The first-order chi connectivity index (χ1) is 8.08. The van der Waals surface area contributed by atoms with Gasteiger partial charge >= 0.3 is 0 Å². The highest BCUT2D eigenvalue weighted by Gasteiger charge is 2.31. The van der Waals surface area contributed by atoms with Gasteiger partial charge in [0, 0.05) is 18.2 Å². The molecule has 0 aliphatic heterocycles. The summed E-state index contributed by atoms with van der Waals surface area (Å²) in [5.74, 6) is 1.34. The molecule has 1 aliphatic carbocycles. The maximum atomic E-state index is 10.5. The van der Waals surface area contributed by atoms with Gasteiger partial charge in [0.05, 0.1) is 4.92 Å². The van der Waals surface area contributed by atoms with Crippen LogP contribution < -0.4 is 5.73 Å². The van der Waals surface area contributed by atoms with Crippen LogP contribution in [0.5, 0.6) is 0 Å². The first kappa shape index (κ1) is 12.0. The molecule has 1 aliphatic rings. The number of nitro benzene ring substituents is 1. The van der Waals surface area contributed by atoms with Gasteiger partial charge < -0.3 is 5.73 Å². The Hall–Kier alpha value is -1.42. The quantitative estimate of drug-likeness (QED) is 0.628. The molecule has 0 heterocycles. The highest BCUT2D eigenvalue weighted by molar-refractivity contribution is 5.33. The smallest absolute Gasteiger partial charge is 0.269 e. The zero-order valence-electron chi connectivity index (χ0n) is 10.0. The van der Waals surface area contributed by atoms with Gasteiger partial charge in [0.2, 0.25) is 0 Å². The second kappa shape index (κ2) is 4.84. The first-order valence-corrected chi connectivity index (χ1v) is 6.07. The zero-order valence-corrected chi connectivity index (χ0v) is 10.0. The number of rotatable bonds is 5. The number of hydrogen-bond acceptors (Lipinski definition) is 3. The molecule has 2 N–H and O–H groups in total. The number of nitrogens with zero attached hydrogens (tertiary/aromatic N) is 1. The number of nitro groups is 1. The van der Waals surface area contributed by atoms with E-state index in [0.717, 1.165) is 17.9 Å². The molecule has 4 heteroatoms. The lowest BCUT2D eigenvalue weighted by Gasteiger charge is -2.19. The van der Waals surface area contributed by atoms with E-state index in [-0.39, 0.29) is 16.7 Å². The van der Waals surface area contributed by atoms with Gasteiger partial charge in [-0.25, -0.2) is 0 Å². The fraction of sp³-hybridized carbons (Fsp3) is 0.538. The van der Waals surface area contributed by atoms with Crippen molar-refractivity contribution in [1.82, 2.24) is 0 Å². The Kier molecular flexibility index (Phi) is 3.43. The van der Waals surface area contributed by atoms with Crippen molar-refractivity contribution in [2.24, 2.45) is 17.6 Å². The van der Waals surface area contributed by atoms with Crippen LogP contribution in [0.1, 0.15) is 25.3 Å². The van der Waals surface area contributed by atoms with E-state index in [2.05, 4.69) is 6.92 Å². The summed E-state index contributed by atoms with van der Waals surface area (Å²) in [5.41, 5.74) is 7.37. The van der Waals surface area contributed by atoms with Crippen LogP contribution in [-0.2, 0) is 6.42 Å². The zero-order chi connectivity index (χ0) is 12.4. The molecule has 1 aromatic carbocycles. The van der Waals surface area contributed by atoms with Crippen molar-refractivity contribution in [2.75, 3.05) is 0 Å². The van der Waals surface area contributed by atoms with Crippen molar-refractivity contribution in [2.45, 2.75) is 32.2 Å². The lowest BCUT2D eigenvalue weighted by molar-refractivity contribution is -0.384. The van der Waals surface area contributed by atoms with E-state index in [1.807, 2.05) is 0 Å². The van der Waals surface area contributed by atoms with Crippen molar-refractivity contribution in [3.05, 3.63) is 39.9 Å². The Bertz CT molecular complexity index is 398. The van der Waals surface area contributed by atoms with E-state index in [9.17, 15) is 10.1 Å². The molecule has 1 fully saturated rings. The summed E-state index contributed by atoms with van der Waals surface area (Å²) in [4.78, 5) is 10.1. The van der Waals surface area contributed by atoms with Crippen molar-refractivity contribution < 1.29 is 4.92 Å². The molecule has 0 aromatic heterocycles. The Balaban J connectivity index is 1.95. The van der Waals surface area contributed by atoms with Gasteiger partial charge in [-0.2, -0.15) is 0 Å². The van der Waals surface area contributed by atoms with E-state index in [4.69, 9.17) is 5.73 Å². The SMILES string of the molecule is CC(C(N)Cc1ccc([N+](=O)[O-])cc1)C1CC1. The van der Waals surface area contributed by atoms with Crippen LogP contribution in [0.15, 0.2) is 24.3 Å². The topological polar surface area (TPSA) is 69.2 Å². The number of hydrogen-bond donors (Lipinski definition) is 1. The van der Waals surface area contributed by atoms with Gasteiger partial charge in [0.25, 0.3) is 5.69 Å². The molecular formula is C13H18N2O2. The molecule has 0 amide bonds. The van der Waals surface area contributed by atoms with Crippen LogP contribution in [0.2, 0.25) is 0 Å². The summed E-state index contributed by atoms with van der Waals surface area (Å²) in [6.45, 7) is 2.20. The van der Waals surface area contributed by atoms with E-state index < -0.39 is 0 Å². The minimum atomic E-state index is -0.378. The second-order valence-corrected chi connectivity index (χ2v) is 4.99. The minimum absolute atomic E-state index is 0.137. The summed E-state index contributed by atoms with van der Waals surface area (Å²) in [6.07, 6.45) is 3.40. The van der Waals surface area contributed by atoms with Gasteiger partial charge in [-0.3, -0.25) is 10.1 Å². The average molecular weight is 234 g/mol. The predicted octanol–water partition coefficient (Wildman–Crippen LogP) is 2.51. The maximum Gasteiger partial charge on any atom is 0.269 e. The van der Waals surface area contributed by atoms with E-state index in [1.54, 1.807) is 24.3 Å². The Morgan fingerprint density at radius 2 is 2.00 bits per heavy atom. The summed E-state index contributed by atoms with van der Waals surface area (Å²) in [5, 5.41) is 10.5. The number of nitrogens with two attached hydrogens (primary N) is 1. The lowest BCUT2D eigenvalue weighted by Crippen LogP contribution is -2.31. The highest BCUT2D eigenvalue weighted by atomic mass is 16.6. The van der Waals surface area contributed by atoms with Crippen molar-refractivity contribution in [3.8, 4) is 0 Å². The third-order valence-corrected chi connectivity index (χ3v) is 3.66. The predicted molar refractivity (Wildman–Crippen MR) is 66.7 cm³/mol. The summed E-state index contributed by atoms with van der Waals surface area (Å²) < 4.78 is 0. The molecular weight excluding hydrogens is 216 g/mol. The van der Waals surface area contributed by atoms with Crippen LogP contribution >= 0.6 is 0 Å². The fourth-order valence-electron chi connectivity index (χ4n) is 2.18. The van der Waals surface area contributed by atoms with E-state index in [0.29, 0.717) is 5.92 Å². The Labute approximate surface area is 101 Å². The van der Waals surface area contributed by atoms with Gasteiger partial charge in [0.15, 0.2) is 0 Å². The van der Waals surface area contributed by atoms with Gasteiger partial charge in [0.1, 0.15) is 0 Å². The van der Waals surface area contributed by atoms with Crippen molar-refractivity contribution >= 4 is 5.69 Å². The number of benzene rings is 1. The first-order valence-electron chi connectivity index (χ1n) is 6.07. The summed E-state index contributed by atoms with van der Waals surface area (Å²) in [7, 11) is 0. The van der Waals surface area contributed by atoms with Gasteiger partial charge in [-0.05, 0) is 36.7 Å². The monoisotopic (exact) mass is 234 g/mol. The molecule has 0 bridgehead atoms. The van der Waals surface area contributed by atoms with Crippen LogP contribution in [0.4, 0.5) is 5.69 Å². The van der Waals surface area contributed by atoms with Crippen LogP contribution in [0.25, 0.3) is 0 Å². The van der Waals surface area contributed by atoms with E-state index >= 15 is 0 Å². The Morgan fingerprint density at radius 3 is 2.47 bits per heavy atom. The fourth-order valence-corrected chi connectivity index (χ4v) is 2.18. The Morgan fingerprint density at radius 1 is 1.41 bits per heavy atom. The van der Waals surface area contributed by atoms with Crippen molar-refractivity contribution in [1.29, 1.82) is 0 Å². The summed E-state index contributed by atoms with van der Waals surface area (Å²) >= 11 is 0. The van der Waals surface area contributed by atoms with Crippen LogP contribution in [-0.4, -0.2) is 11.0 Å². The summed E-state index contributed by atoms with van der Waals surface area (Å²) in [6, 6.07) is 6.85. The van der Waals surface area contributed by atoms with E-state index in [1.165, 1.54) is 12.8 Å². The normalized spacial score (nSPS) is 18.7. The van der Waals surface area contributed by atoms with Crippen LogP contribution in [0, 0.1) is 22.0 Å². The minimum Gasteiger partial charge on any atom is -0.327 e. The molecule has 17 heavy (non-hydrogen) atoms. The molecule has 2 rings (SSSR count).